The number of nitrogens with zero attached hydrogens (tertiary/aromatic N) is 1. The number of alkyl halides is 3. The largest absolute Gasteiger partial charge is 0.573 e. The molecule has 0 atom stereocenters. The number of hydrogen-bond donors (Lipinski definition) is 2. The number of carbonyl (C=O) groups is 1. The van der Waals surface area contributed by atoms with Gasteiger partial charge in [0, 0.05) is 24.8 Å². The van der Waals surface area contributed by atoms with Crippen molar-refractivity contribution in [2.24, 2.45) is 5.73 Å². The van der Waals surface area contributed by atoms with Crippen LogP contribution in [-0.2, 0) is 0 Å². The average Bonchev–Trinajstić information content (AvgIpc) is 2.25. The minimum absolute atomic E-state index is 0.00619. The number of carbonyl (C=O) groups excluding carboxylic acids is 1. The number of likely N-dealkylation sites (tertiary alicyclic amines) is 1. The third kappa shape index (κ3) is 3.75. The summed E-state index contributed by atoms with van der Waals surface area (Å²) in [4.78, 5) is 13.1. The number of amides is 2. The highest BCUT2D eigenvalue weighted by Gasteiger charge is 2.31. The minimum atomic E-state index is -4.72. The molecule has 0 unspecified atom stereocenters. The third-order valence-corrected chi connectivity index (χ3v) is 2.54. The minimum Gasteiger partial charge on any atom is -0.406 e. The van der Waals surface area contributed by atoms with Crippen molar-refractivity contribution in [1.29, 1.82) is 0 Å². The molecule has 3 N–H and O–H groups in total. The van der Waals surface area contributed by atoms with Gasteiger partial charge in [0.25, 0.3) is 0 Å². The maximum atomic E-state index is 11.9. The Labute approximate surface area is 107 Å². The Bertz CT molecular complexity index is 455. The summed E-state index contributed by atoms with van der Waals surface area (Å²) in [6, 6.07) is 4.59. The van der Waals surface area contributed by atoms with Gasteiger partial charge in [-0.3, -0.25) is 0 Å². The number of benzene rings is 1. The Morgan fingerprint density at radius 3 is 2.37 bits per heavy atom. The van der Waals surface area contributed by atoms with E-state index < -0.39 is 6.36 Å². The van der Waals surface area contributed by atoms with Crippen LogP contribution in [0.1, 0.15) is 0 Å². The van der Waals surface area contributed by atoms with Crippen LogP contribution in [0, 0.1) is 0 Å². The summed E-state index contributed by atoms with van der Waals surface area (Å²) in [5, 5.41) is 2.55. The second-order valence-corrected chi connectivity index (χ2v) is 4.17. The molecule has 1 aromatic rings. The van der Waals surface area contributed by atoms with E-state index in [4.69, 9.17) is 5.73 Å². The zero-order chi connectivity index (χ0) is 14.0. The zero-order valence-electron chi connectivity index (χ0n) is 9.78. The van der Waals surface area contributed by atoms with Crippen molar-refractivity contribution in [2.75, 3.05) is 18.4 Å². The molecule has 1 aromatic carbocycles. The van der Waals surface area contributed by atoms with Crippen LogP contribution in [0.4, 0.5) is 23.7 Å². The highest BCUT2D eigenvalue weighted by molar-refractivity contribution is 5.90. The lowest BCUT2D eigenvalue weighted by atomic mass is 10.1. The van der Waals surface area contributed by atoms with Crippen LogP contribution in [-0.4, -0.2) is 36.4 Å². The standard InChI is InChI=1S/C11H12F3N3O2/c12-11(13,14)19-9-3-1-8(2-4-9)16-10(18)17-5-7(15)6-17/h1-4,7H,5-6,15H2,(H,16,18). The molecule has 104 valence electrons. The summed E-state index contributed by atoms with van der Waals surface area (Å²) < 4.78 is 39.5. The van der Waals surface area contributed by atoms with Crippen LogP contribution >= 0.6 is 0 Å². The quantitative estimate of drug-likeness (QED) is 0.864. The monoisotopic (exact) mass is 275 g/mol. The van der Waals surface area contributed by atoms with E-state index in [0.29, 0.717) is 18.8 Å². The van der Waals surface area contributed by atoms with Gasteiger partial charge in [-0.1, -0.05) is 0 Å². The van der Waals surface area contributed by atoms with Gasteiger partial charge < -0.3 is 20.7 Å². The summed E-state index contributed by atoms with van der Waals surface area (Å²) in [5.74, 6) is -0.337. The van der Waals surface area contributed by atoms with Crippen LogP contribution in [0.2, 0.25) is 0 Å². The summed E-state index contributed by atoms with van der Waals surface area (Å²) in [6.07, 6.45) is -4.72. The lowest BCUT2D eigenvalue weighted by Gasteiger charge is -2.36. The average molecular weight is 275 g/mol. The molecule has 5 nitrogen and oxygen atoms in total. The van der Waals surface area contributed by atoms with Gasteiger partial charge in [-0.25, -0.2) is 4.79 Å². The fourth-order valence-corrected chi connectivity index (χ4v) is 1.62. The molecule has 8 heteroatoms. The topological polar surface area (TPSA) is 67.6 Å². The molecule has 2 rings (SSSR count). The fourth-order valence-electron chi connectivity index (χ4n) is 1.62. The molecule has 0 aliphatic carbocycles. The van der Waals surface area contributed by atoms with E-state index in [2.05, 4.69) is 10.1 Å². The molecule has 1 heterocycles. The first-order valence-electron chi connectivity index (χ1n) is 5.51. The van der Waals surface area contributed by atoms with Crippen molar-refractivity contribution < 1.29 is 22.7 Å². The molecular formula is C11H12F3N3O2. The zero-order valence-corrected chi connectivity index (χ0v) is 9.78. The number of anilines is 1. The van der Waals surface area contributed by atoms with Gasteiger partial charge in [0.05, 0.1) is 0 Å². The number of ether oxygens (including phenoxy) is 1. The van der Waals surface area contributed by atoms with Crippen molar-refractivity contribution in [3.63, 3.8) is 0 Å². The van der Waals surface area contributed by atoms with Crippen LogP contribution in [0.15, 0.2) is 24.3 Å². The third-order valence-electron chi connectivity index (χ3n) is 2.54. The predicted molar refractivity (Wildman–Crippen MR) is 61.7 cm³/mol. The first-order valence-corrected chi connectivity index (χ1v) is 5.51. The Kier molecular flexibility index (Phi) is 3.52. The van der Waals surface area contributed by atoms with Crippen molar-refractivity contribution in [3.05, 3.63) is 24.3 Å². The summed E-state index contributed by atoms with van der Waals surface area (Å²) >= 11 is 0. The number of urea groups is 1. The molecule has 0 radical (unpaired) electrons. The smallest absolute Gasteiger partial charge is 0.406 e. The van der Waals surface area contributed by atoms with Crippen molar-refractivity contribution in [2.45, 2.75) is 12.4 Å². The maximum Gasteiger partial charge on any atom is 0.573 e. The lowest BCUT2D eigenvalue weighted by molar-refractivity contribution is -0.274. The molecule has 0 spiro atoms. The number of nitrogens with one attached hydrogen (secondary N) is 1. The molecular weight excluding hydrogens is 263 g/mol. The van der Waals surface area contributed by atoms with Crippen LogP contribution in [0.25, 0.3) is 0 Å². The van der Waals surface area contributed by atoms with E-state index >= 15 is 0 Å². The SMILES string of the molecule is NC1CN(C(=O)Nc2ccc(OC(F)(F)F)cc2)C1. The molecule has 0 aromatic heterocycles. The Hall–Kier alpha value is -1.96. The van der Waals surface area contributed by atoms with Crippen molar-refractivity contribution in [3.8, 4) is 5.75 Å². The lowest BCUT2D eigenvalue weighted by Crippen LogP contribution is -2.58. The van der Waals surface area contributed by atoms with E-state index in [1.165, 1.54) is 17.0 Å². The van der Waals surface area contributed by atoms with E-state index in [0.717, 1.165) is 12.1 Å². The van der Waals surface area contributed by atoms with Crippen LogP contribution in [0.5, 0.6) is 5.75 Å². The Morgan fingerprint density at radius 2 is 1.89 bits per heavy atom. The Morgan fingerprint density at radius 1 is 1.32 bits per heavy atom. The van der Waals surface area contributed by atoms with Gasteiger partial charge in [-0.05, 0) is 24.3 Å². The molecule has 1 fully saturated rings. The highest BCUT2D eigenvalue weighted by Crippen LogP contribution is 2.24. The second kappa shape index (κ2) is 4.96. The predicted octanol–water partition coefficient (Wildman–Crippen LogP) is 1.76. The first kappa shape index (κ1) is 13.5. The van der Waals surface area contributed by atoms with Gasteiger partial charge in [-0.2, -0.15) is 0 Å². The van der Waals surface area contributed by atoms with Gasteiger partial charge in [-0.15, -0.1) is 13.2 Å². The number of hydrogen-bond acceptors (Lipinski definition) is 3. The molecule has 1 aliphatic heterocycles. The summed E-state index contributed by atoms with van der Waals surface area (Å²) in [6.45, 7) is 0.947. The van der Waals surface area contributed by atoms with E-state index in [1.807, 2.05) is 0 Å². The molecule has 2 amide bonds. The van der Waals surface area contributed by atoms with Gasteiger partial charge >= 0.3 is 12.4 Å². The summed E-state index contributed by atoms with van der Waals surface area (Å²) in [7, 11) is 0. The maximum absolute atomic E-state index is 11.9. The van der Waals surface area contributed by atoms with Gasteiger partial charge in [0.15, 0.2) is 0 Å². The Balaban J connectivity index is 1.90. The van der Waals surface area contributed by atoms with Crippen LogP contribution < -0.4 is 15.8 Å². The molecule has 19 heavy (non-hydrogen) atoms. The second-order valence-electron chi connectivity index (χ2n) is 4.17. The molecule has 0 bridgehead atoms. The normalized spacial score (nSPS) is 15.9. The fraction of sp³-hybridized carbons (Fsp3) is 0.364. The van der Waals surface area contributed by atoms with Gasteiger partial charge in [0.1, 0.15) is 5.75 Å². The highest BCUT2D eigenvalue weighted by atomic mass is 19.4. The van der Waals surface area contributed by atoms with E-state index in [-0.39, 0.29) is 17.8 Å². The van der Waals surface area contributed by atoms with Crippen molar-refractivity contribution in [1.82, 2.24) is 4.90 Å². The number of nitrogens with two attached hydrogens (primary N) is 1. The van der Waals surface area contributed by atoms with E-state index in [9.17, 15) is 18.0 Å². The molecule has 1 saturated heterocycles. The molecule has 1 aliphatic rings. The summed E-state index contributed by atoms with van der Waals surface area (Å²) in [5.41, 5.74) is 5.92. The first-order chi connectivity index (χ1) is 8.83. The number of halogens is 3. The van der Waals surface area contributed by atoms with Crippen LogP contribution in [0.3, 0.4) is 0 Å². The van der Waals surface area contributed by atoms with Crippen molar-refractivity contribution >= 4 is 11.7 Å². The van der Waals surface area contributed by atoms with E-state index in [1.54, 1.807) is 0 Å². The van der Waals surface area contributed by atoms with Gasteiger partial charge in [0.2, 0.25) is 0 Å². The number of rotatable bonds is 2. The molecule has 0 saturated carbocycles.